The fraction of sp³-hybridized carbons (Fsp3) is 0.300. The number of benzene rings is 2. The number of rotatable bonds is 5. The molecule has 5 nitrogen and oxygen atoms in total. The highest BCUT2D eigenvalue weighted by molar-refractivity contribution is 5.62. The van der Waals surface area contributed by atoms with Crippen molar-refractivity contribution in [1.29, 1.82) is 0 Å². The third kappa shape index (κ3) is 3.60. The van der Waals surface area contributed by atoms with Crippen LogP contribution in [-0.2, 0) is 6.54 Å². The minimum atomic E-state index is -0.696. The van der Waals surface area contributed by atoms with Crippen molar-refractivity contribution < 1.29 is 9.13 Å². The first-order valence-electron chi connectivity index (χ1n) is 8.74. The molecule has 4 rings (SSSR count). The topological polar surface area (TPSA) is 54.0 Å². The standard InChI is InChI=1S/C20H21FN4O/c1-26-18-7-5-15(6-8-18)19-22-20(24-23-19)16-4-2-3-14(11-16)12-25-10-9-17(21)13-25/h2-8,11,17H,9-10,12-13H2,1H3,(H,22,23,24). The van der Waals surface area contributed by atoms with E-state index in [2.05, 4.69) is 32.2 Å². The summed E-state index contributed by atoms with van der Waals surface area (Å²) in [6, 6.07) is 15.8. The summed E-state index contributed by atoms with van der Waals surface area (Å²) in [6.07, 6.45) is -0.0653. The lowest BCUT2D eigenvalue weighted by molar-refractivity contribution is 0.282. The Morgan fingerprint density at radius 2 is 2.04 bits per heavy atom. The first-order chi connectivity index (χ1) is 12.7. The highest BCUT2D eigenvalue weighted by Crippen LogP contribution is 2.23. The molecule has 0 spiro atoms. The molecule has 26 heavy (non-hydrogen) atoms. The molecular formula is C20H21FN4O. The van der Waals surface area contributed by atoms with Crippen molar-refractivity contribution in [2.24, 2.45) is 0 Å². The molecule has 134 valence electrons. The zero-order chi connectivity index (χ0) is 17.9. The van der Waals surface area contributed by atoms with E-state index in [1.54, 1.807) is 7.11 Å². The van der Waals surface area contributed by atoms with Gasteiger partial charge >= 0.3 is 0 Å². The van der Waals surface area contributed by atoms with Crippen LogP contribution in [0, 0.1) is 0 Å². The van der Waals surface area contributed by atoms with Crippen LogP contribution in [0.4, 0.5) is 4.39 Å². The molecule has 1 saturated heterocycles. The molecule has 1 aliphatic rings. The van der Waals surface area contributed by atoms with Gasteiger partial charge in [0.2, 0.25) is 0 Å². The van der Waals surface area contributed by atoms with Crippen LogP contribution in [0.1, 0.15) is 12.0 Å². The molecular weight excluding hydrogens is 331 g/mol. The van der Waals surface area contributed by atoms with Crippen molar-refractivity contribution >= 4 is 0 Å². The average molecular weight is 352 g/mol. The molecule has 1 aliphatic heterocycles. The van der Waals surface area contributed by atoms with Gasteiger partial charge in [-0.25, -0.2) is 9.37 Å². The van der Waals surface area contributed by atoms with Gasteiger partial charge in [-0.05, 0) is 42.3 Å². The molecule has 0 saturated carbocycles. The number of halogens is 1. The van der Waals surface area contributed by atoms with Gasteiger partial charge in [-0.2, -0.15) is 5.10 Å². The molecule has 1 aromatic heterocycles. The predicted molar refractivity (Wildman–Crippen MR) is 98.6 cm³/mol. The minimum Gasteiger partial charge on any atom is -0.497 e. The quantitative estimate of drug-likeness (QED) is 0.761. The summed E-state index contributed by atoms with van der Waals surface area (Å²) in [5.41, 5.74) is 3.05. The van der Waals surface area contributed by atoms with Crippen LogP contribution < -0.4 is 4.74 Å². The Morgan fingerprint density at radius 1 is 1.19 bits per heavy atom. The summed E-state index contributed by atoms with van der Waals surface area (Å²) in [7, 11) is 1.64. The summed E-state index contributed by atoms with van der Waals surface area (Å²) in [4.78, 5) is 6.75. The fourth-order valence-electron chi connectivity index (χ4n) is 3.26. The predicted octanol–water partition coefficient (Wildman–Crippen LogP) is 3.69. The number of alkyl halides is 1. The zero-order valence-electron chi connectivity index (χ0n) is 14.7. The lowest BCUT2D eigenvalue weighted by Gasteiger charge is -2.14. The number of aromatic nitrogens is 3. The summed E-state index contributed by atoms with van der Waals surface area (Å²) < 4.78 is 18.5. The number of nitrogens with zero attached hydrogens (tertiary/aromatic N) is 3. The van der Waals surface area contributed by atoms with Crippen molar-refractivity contribution in [2.45, 2.75) is 19.1 Å². The van der Waals surface area contributed by atoms with Gasteiger partial charge in [0.1, 0.15) is 11.9 Å². The van der Waals surface area contributed by atoms with E-state index in [-0.39, 0.29) is 0 Å². The van der Waals surface area contributed by atoms with Crippen molar-refractivity contribution in [3.63, 3.8) is 0 Å². The first-order valence-corrected chi connectivity index (χ1v) is 8.74. The largest absolute Gasteiger partial charge is 0.497 e. The molecule has 3 aromatic rings. The van der Waals surface area contributed by atoms with E-state index < -0.39 is 6.17 Å². The maximum atomic E-state index is 13.4. The summed E-state index contributed by atoms with van der Waals surface area (Å²) in [5.74, 6) is 2.17. The zero-order valence-corrected chi connectivity index (χ0v) is 14.7. The third-order valence-corrected chi connectivity index (χ3v) is 4.66. The van der Waals surface area contributed by atoms with Gasteiger partial charge < -0.3 is 4.74 Å². The Labute approximate surface area is 151 Å². The highest BCUT2D eigenvalue weighted by Gasteiger charge is 2.21. The molecule has 0 aliphatic carbocycles. The number of aromatic amines is 1. The Bertz CT molecular complexity index is 878. The van der Waals surface area contributed by atoms with E-state index in [1.165, 1.54) is 0 Å². The van der Waals surface area contributed by atoms with Crippen LogP contribution in [-0.4, -0.2) is 46.5 Å². The number of H-pyrrole nitrogens is 1. The summed E-state index contributed by atoms with van der Waals surface area (Å²) in [5, 5.41) is 7.34. The van der Waals surface area contributed by atoms with Crippen LogP contribution in [0.3, 0.4) is 0 Å². The second kappa shape index (κ2) is 7.25. The maximum absolute atomic E-state index is 13.4. The van der Waals surface area contributed by atoms with Gasteiger partial charge in [0.15, 0.2) is 11.6 Å². The second-order valence-corrected chi connectivity index (χ2v) is 6.56. The van der Waals surface area contributed by atoms with Gasteiger partial charge in [-0.15, -0.1) is 0 Å². The normalized spacial score (nSPS) is 17.5. The number of ether oxygens (including phenoxy) is 1. The third-order valence-electron chi connectivity index (χ3n) is 4.66. The Hall–Kier alpha value is -2.73. The van der Waals surface area contributed by atoms with Crippen molar-refractivity contribution in [3.05, 3.63) is 54.1 Å². The highest BCUT2D eigenvalue weighted by atomic mass is 19.1. The monoisotopic (exact) mass is 352 g/mol. The lowest BCUT2D eigenvalue weighted by atomic mass is 10.1. The van der Waals surface area contributed by atoms with Gasteiger partial charge in [-0.1, -0.05) is 18.2 Å². The van der Waals surface area contributed by atoms with E-state index in [4.69, 9.17) is 4.74 Å². The summed E-state index contributed by atoms with van der Waals surface area (Å²) in [6.45, 7) is 2.09. The number of methoxy groups -OCH3 is 1. The second-order valence-electron chi connectivity index (χ2n) is 6.56. The molecule has 1 N–H and O–H groups in total. The van der Waals surface area contributed by atoms with Gasteiger partial charge in [0.05, 0.1) is 7.11 Å². The first kappa shape index (κ1) is 16.7. The maximum Gasteiger partial charge on any atom is 0.181 e. The molecule has 1 unspecified atom stereocenters. The SMILES string of the molecule is COc1ccc(-c2nc(-c3cccc(CN4CCC(F)C4)c3)n[nH]2)cc1. The van der Waals surface area contributed by atoms with Crippen molar-refractivity contribution in [3.8, 4) is 28.5 Å². The smallest absolute Gasteiger partial charge is 0.181 e. The van der Waals surface area contributed by atoms with Gasteiger partial charge in [-0.3, -0.25) is 10.00 Å². The van der Waals surface area contributed by atoms with E-state index >= 15 is 0 Å². The minimum absolute atomic E-state index is 0.520. The average Bonchev–Trinajstić information content (AvgIpc) is 3.31. The van der Waals surface area contributed by atoms with Crippen LogP contribution in [0.5, 0.6) is 5.75 Å². The van der Waals surface area contributed by atoms with E-state index in [0.717, 1.165) is 35.5 Å². The van der Waals surface area contributed by atoms with E-state index in [1.807, 2.05) is 36.4 Å². The van der Waals surface area contributed by atoms with E-state index in [0.29, 0.717) is 24.6 Å². The Balaban J connectivity index is 1.52. The molecule has 0 bridgehead atoms. The van der Waals surface area contributed by atoms with Crippen LogP contribution in [0.15, 0.2) is 48.5 Å². The Kier molecular flexibility index (Phi) is 4.67. The van der Waals surface area contributed by atoms with Crippen LogP contribution in [0.2, 0.25) is 0 Å². The van der Waals surface area contributed by atoms with Gasteiger partial charge in [0.25, 0.3) is 0 Å². The molecule has 2 heterocycles. The molecule has 6 heteroatoms. The summed E-state index contributed by atoms with van der Waals surface area (Å²) >= 11 is 0. The fourth-order valence-corrected chi connectivity index (χ4v) is 3.26. The molecule has 0 radical (unpaired) electrons. The number of nitrogens with one attached hydrogen (secondary N) is 1. The molecule has 1 atom stereocenters. The van der Waals surface area contributed by atoms with Crippen molar-refractivity contribution in [1.82, 2.24) is 20.1 Å². The lowest BCUT2D eigenvalue weighted by Crippen LogP contribution is -2.20. The molecule has 2 aromatic carbocycles. The van der Waals surface area contributed by atoms with Crippen LogP contribution >= 0.6 is 0 Å². The molecule has 1 fully saturated rings. The van der Waals surface area contributed by atoms with Crippen molar-refractivity contribution in [2.75, 3.05) is 20.2 Å². The number of likely N-dealkylation sites (tertiary alicyclic amines) is 1. The van der Waals surface area contributed by atoms with Gasteiger partial charge in [0, 0.05) is 30.8 Å². The van der Waals surface area contributed by atoms with Crippen LogP contribution in [0.25, 0.3) is 22.8 Å². The van der Waals surface area contributed by atoms with E-state index in [9.17, 15) is 4.39 Å². The molecule has 0 amide bonds. The number of hydrogen-bond donors (Lipinski definition) is 1. The Morgan fingerprint density at radius 3 is 2.77 bits per heavy atom. The number of hydrogen-bond acceptors (Lipinski definition) is 4.